The Kier molecular flexibility index (Phi) is 15.3. The Morgan fingerprint density at radius 3 is 1.69 bits per heavy atom. The van der Waals surface area contributed by atoms with Crippen molar-refractivity contribution in [3.8, 4) is 11.4 Å². The van der Waals surface area contributed by atoms with Crippen molar-refractivity contribution in [2.45, 2.75) is 78.8 Å². The van der Waals surface area contributed by atoms with Crippen LogP contribution in [-0.4, -0.2) is 83.7 Å². The highest BCUT2D eigenvalue weighted by Gasteiger charge is 2.35. The molecule has 3 heterocycles. The number of nitrogens with zero attached hydrogens (tertiary/aromatic N) is 4. The average molecular weight is 912 g/mol. The quantitative estimate of drug-likeness (QED) is 0.0448. The third kappa shape index (κ3) is 11.1. The first kappa shape index (κ1) is 49.5. The minimum atomic E-state index is -4.70. The van der Waals surface area contributed by atoms with Gasteiger partial charge >= 0.3 is 12.4 Å². The van der Waals surface area contributed by atoms with E-state index in [1.54, 1.807) is 27.7 Å². The first-order valence-corrected chi connectivity index (χ1v) is 20.6. The summed E-state index contributed by atoms with van der Waals surface area (Å²) in [6.07, 6.45) is -9.00. The summed E-state index contributed by atoms with van der Waals surface area (Å²) in [5.41, 5.74) is -2.28. The third-order valence-corrected chi connectivity index (χ3v) is 11.2. The lowest BCUT2D eigenvalue weighted by Gasteiger charge is -2.22. The predicted molar refractivity (Wildman–Crippen MR) is 234 cm³/mol. The number of carbonyl (C=O) groups is 2. The summed E-state index contributed by atoms with van der Waals surface area (Å²) in [7, 11) is 3.19. The lowest BCUT2D eigenvalue weighted by molar-refractivity contribution is -0.138. The second kappa shape index (κ2) is 20.1. The molecule has 0 saturated heterocycles. The van der Waals surface area contributed by atoms with Crippen molar-refractivity contribution >= 4 is 28.8 Å². The zero-order valence-electron chi connectivity index (χ0n) is 37.2. The van der Waals surface area contributed by atoms with Gasteiger partial charge in [0.05, 0.1) is 29.9 Å². The number of hydrogen-bond donors (Lipinski definition) is 3. The van der Waals surface area contributed by atoms with Crippen LogP contribution in [0.15, 0.2) is 81.2 Å². The Balaban J connectivity index is 1.26. The SMILES string of the molecule is CO/C(C)=C(\C(C)=N)c1cc(C(=O)NCCCN(C)CCCNC(=O)c2cc(C3C(C)=NOC3C)c(C)n(-c3cccc(C(F)(F)F)c3)c2=O)c(=O)n(-c2cccc(C(F)(F)F)c2)c1C. The maximum Gasteiger partial charge on any atom is 0.416 e. The minimum absolute atomic E-state index is 0.0345. The highest BCUT2D eigenvalue weighted by molar-refractivity contribution is 6.22. The fraction of sp³-hybridized carbons (Fsp3) is 0.391. The lowest BCUT2D eigenvalue weighted by Crippen LogP contribution is -2.36. The number of oxime groups is 1. The minimum Gasteiger partial charge on any atom is -0.501 e. The van der Waals surface area contributed by atoms with Gasteiger partial charge in [-0.1, -0.05) is 17.3 Å². The molecule has 0 aliphatic carbocycles. The molecule has 2 aromatic carbocycles. The van der Waals surface area contributed by atoms with Crippen molar-refractivity contribution in [1.29, 1.82) is 5.41 Å². The molecule has 65 heavy (non-hydrogen) atoms. The van der Waals surface area contributed by atoms with E-state index in [0.29, 0.717) is 48.7 Å². The normalized spacial score (nSPS) is 15.6. The molecule has 2 unspecified atom stereocenters. The van der Waals surface area contributed by atoms with Gasteiger partial charge in [-0.3, -0.25) is 28.3 Å². The van der Waals surface area contributed by atoms with E-state index in [1.165, 1.54) is 51.3 Å². The third-order valence-electron chi connectivity index (χ3n) is 11.2. The molecule has 0 spiro atoms. The van der Waals surface area contributed by atoms with Crippen LogP contribution >= 0.6 is 0 Å². The number of amides is 2. The van der Waals surface area contributed by atoms with Gasteiger partial charge in [-0.25, -0.2) is 0 Å². The van der Waals surface area contributed by atoms with Crippen LogP contribution in [0.1, 0.15) is 101 Å². The van der Waals surface area contributed by atoms with E-state index in [1.807, 2.05) is 11.9 Å². The second-order valence-corrected chi connectivity index (χ2v) is 15.8. The zero-order chi connectivity index (χ0) is 48.1. The molecule has 3 N–H and O–H groups in total. The summed E-state index contributed by atoms with van der Waals surface area (Å²) in [6, 6.07) is 11.2. The summed E-state index contributed by atoms with van der Waals surface area (Å²) >= 11 is 0. The van der Waals surface area contributed by atoms with E-state index in [-0.39, 0.29) is 58.1 Å². The number of nitrogens with one attached hydrogen (secondary N) is 3. The van der Waals surface area contributed by atoms with E-state index < -0.39 is 58.4 Å². The number of pyridine rings is 2. The van der Waals surface area contributed by atoms with Gasteiger partial charge in [-0.2, -0.15) is 26.3 Å². The zero-order valence-corrected chi connectivity index (χ0v) is 37.2. The monoisotopic (exact) mass is 911 g/mol. The first-order valence-electron chi connectivity index (χ1n) is 20.6. The number of alkyl halides is 6. The molecule has 2 atom stereocenters. The molecule has 348 valence electrons. The van der Waals surface area contributed by atoms with Crippen molar-refractivity contribution < 1.29 is 45.5 Å². The van der Waals surface area contributed by atoms with Crippen LogP contribution in [0.2, 0.25) is 0 Å². The molecule has 0 saturated carbocycles. The number of aromatic nitrogens is 2. The molecule has 2 amide bonds. The van der Waals surface area contributed by atoms with E-state index in [4.69, 9.17) is 15.0 Å². The number of rotatable bonds is 16. The molecule has 1 aliphatic heterocycles. The van der Waals surface area contributed by atoms with E-state index in [9.17, 15) is 45.5 Å². The van der Waals surface area contributed by atoms with Crippen molar-refractivity contribution in [3.63, 3.8) is 0 Å². The predicted octanol–water partition coefficient (Wildman–Crippen LogP) is 7.81. The molecule has 0 bridgehead atoms. The van der Waals surface area contributed by atoms with Gasteiger partial charge in [0.1, 0.15) is 23.0 Å². The molecule has 4 aromatic rings. The summed E-state index contributed by atoms with van der Waals surface area (Å²) < 4.78 is 89.7. The maximum absolute atomic E-state index is 13.9. The van der Waals surface area contributed by atoms with Crippen molar-refractivity contribution in [3.05, 3.63) is 132 Å². The van der Waals surface area contributed by atoms with Crippen LogP contribution in [0.25, 0.3) is 16.9 Å². The van der Waals surface area contributed by atoms with Crippen LogP contribution in [0, 0.1) is 19.3 Å². The summed E-state index contributed by atoms with van der Waals surface area (Å²) in [4.78, 5) is 62.3. The average Bonchev–Trinajstić information content (AvgIpc) is 3.57. The summed E-state index contributed by atoms with van der Waals surface area (Å²) in [6.45, 7) is 10.8. The number of hydrogen-bond acceptors (Lipinski definition) is 9. The number of carbonyl (C=O) groups excluding carboxylic acids is 2. The van der Waals surface area contributed by atoms with E-state index in [0.717, 1.165) is 39.5 Å². The molecule has 0 radical (unpaired) electrons. The van der Waals surface area contributed by atoms with E-state index in [2.05, 4.69) is 15.8 Å². The Bertz CT molecular complexity index is 2670. The van der Waals surface area contributed by atoms with Gasteiger partial charge in [-0.15, -0.1) is 0 Å². The Labute approximate surface area is 371 Å². The highest BCUT2D eigenvalue weighted by atomic mass is 19.4. The smallest absolute Gasteiger partial charge is 0.416 e. The van der Waals surface area contributed by atoms with Crippen LogP contribution < -0.4 is 21.8 Å². The number of ether oxygens (including phenoxy) is 1. The van der Waals surface area contributed by atoms with Crippen molar-refractivity contribution in [1.82, 2.24) is 24.7 Å². The molecule has 19 heteroatoms. The first-order chi connectivity index (χ1) is 30.5. The van der Waals surface area contributed by atoms with Crippen molar-refractivity contribution in [2.24, 2.45) is 5.16 Å². The van der Waals surface area contributed by atoms with Gasteiger partial charge in [-0.05, 0) is 129 Å². The largest absolute Gasteiger partial charge is 0.501 e. The summed E-state index contributed by atoms with van der Waals surface area (Å²) in [5.74, 6) is -1.67. The topological polar surface area (TPSA) is 160 Å². The number of allylic oxidation sites excluding steroid dienone is 2. The van der Waals surface area contributed by atoms with Crippen LogP contribution in [0.4, 0.5) is 26.3 Å². The Morgan fingerprint density at radius 2 is 1.26 bits per heavy atom. The van der Waals surface area contributed by atoms with Gasteiger partial charge in [0, 0.05) is 52.7 Å². The maximum atomic E-state index is 13.9. The Hall–Kier alpha value is -6.50. The van der Waals surface area contributed by atoms with Gasteiger partial charge in [0.15, 0.2) is 0 Å². The highest BCUT2D eigenvalue weighted by Crippen LogP contribution is 2.35. The molecule has 1 aliphatic rings. The molecular formula is C46H51F6N7O6. The van der Waals surface area contributed by atoms with Gasteiger partial charge < -0.3 is 30.5 Å². The van der Waals surface area contributed by atoms with Crippen LogP contribution in [-0.2, 0) is 21.9 Å². The van der Waals surface area contributed by atoms with Gasteiger partial charge in [0.25, 0.3) is 22.9 Å². The van der Waals surface area contributed by atoms with Crippen LogP contribution in [0.5, 0.6) is 0 Å². The molecule has 5 rings (SSSR count). The lowest BCUT2D eigenvalue weighted by atomic mass is 9.88. The van der Waals surface area contributed by atoms with E-state index >= 15 is 0 Å². The standard InChI is InChI=1S/C46H51F6N7O6/c1-25(53)39(29(5)64-8)35-23-37(43(62)58(27(35)3)33-15-9-13-31(21-33)45(47,48)49)41(60)54-17-11-19-57(7)20-12-18-55-42(61)38-24-36(40-26(2)56-65-30(40)6)28(4)59(44(38)63)34-16-10-14-32(22-34)46(50,51)52/h9-10,13-16,21-24,30,40,53H,11-12,17-20H2,1-8H3,(H,54,60)(H,55,61)/b39-29+,53-25?. The number of methoxy groups -OCH3 is 1. The Morgan fingerprint density at radius 1 is 0.785 bits per heavy atom. The van der Waals surface area contributed by atoms with Gasteiger partial charge in [0.2, 0.25) is 0 Å². The second-order valence-electron chi connectivity index (χ2n) is 15.8. The van der Waals surface area contributed by atoms with Crippen molar-refractivity contribution in [2.75, 3.05) is 40.3 Å². The number of benzene rings is 2. The summed E-state index contributed by atoms with van der Waals surface area (Å²) in [5, 5.41) is 17.9. The fourth-order valence-corrected chi connectivity index (χ4v) is 7.85. The molecule has 0 fully saturated rings. The fourth-order valence-electron chi connectivity index (χ4n) is 7.85. The molecule has 2 aromatic heterocycles. The van der Waals surface area contributed by atoms with Crippen LogP contribution in [0.3, 0.4) is 0 Å². The molecule has 13 nitrogen and oxygen atoms in total. The number of halogens is 6. The molecular weight excluding hydrogens is 861 g/mol.